The van der Waals surface area contributed by atoms with Crippen LogP contribution < -0.4 is 15.8 Å². The molecule has 1 aromatic carbocycles. The Labute approximate surface area is 83.1 Å². The van der Waals surface area contributed by atoms with E-state index in [1.807, 2.05) is 6.92 Å². The molecular weight excluding hydrogens is 183 g/mol. The first-order valence-electron chi connectivity index (χ1n) is 4.46. The summed E-state index contributed by atoms with van der Waals surface area (Å²) in [7, 11) is 1.55. The van der Waals surface area contributed by atoms with Gasteiger partial charge in [-0.25, -0.2) is 4.39 Å². The Hall–Kier alpha value is -1.29. The SMILES string of the molecule is COc1ccc(F)cc1NCC(C)N. The first kappa shape index (κ1) is 10.8. The molecule has 0 aromatic heterocycles. The van der Waals surface area contributed by atoms with E-state index in [1.54, 1.807) is 13.2 Å². The summed E-state index contributed by atoms with van der Waals surface area (Å²) in [5.41, 5.74) is 6.20. The van der Waals surface area contributed by atoms with Gasteiger partial charge in [0, 0.05) is 18.7 Å². The van der Waals surface area contributed by atoms with Gasteiger partial charge in [-0.15, -0.1) is 0 Å². The predicted molar refractivity (Wildman–Crippen MR) is 55.1 cm³/mol. The Morgan fingerprint density at radius 1 is 1.57 bits per heavy atom. The van der Waals surface area contributed by atoms with Gasteiger partial charge in [-0.2, -0.15) is 0 Å². The molecule has 14 heavy (non-hydrogen) atoms. The van der Waals surface area contributed by atoms with Crippen molar-refractivity contribution >= 4 is 5.69 Å². The highest BCUT2D eigenvalue weighted by Crippen LogP contribution is 2.24. The van der Waals surface area contributed by atoms with Gasteiger partial charge in [-0.05, 0) is 19.1 Å². The van der Waals surface area contributed by atoms with Gasteiger partial charge in [0.25, 0.3) is 0 Å². The number of halogens is 1. The number of benzene rings is 1. The number of anilines is 1. The van der Waals surface area contributed by atoms with Crippen molar-refractivity contribution < 1.29 is 9.13 Å². The monoisotopic (exact) mass is 198 g/mol. The average molecular weight is 198 g/mol. The summed E-state index contributed by atoms with van der Waals surface area (Å²) in [6.07, 6.45) is 0. The first-order chi connectivity index (χ1) is 6.63. The van der Waals surface area contributed by atoms with E-state index in [9.17, 15) is 4.39 Å². The maximum Gasteiger partial charge on any atom is 0.142 e. The zero-order chi connectivity index (χ0) is 10.6. The smallest absolute Gasteiger partial charge is 0.142 e. The van der Waals surface area contributed by atoms with Crippen LogP contribution in [-0.2, 0) is 0 Å². The molecule has 1 rings (SSSR count). The fourth-order valence-electron chi connectivity index (χ4n) is 1.09. The summed E-state index contributed by atoms with van der Waals surface area (Å²) < 4.78 is 17.9. The van der Waals surface area contributed by atoms with Crippen molar-refractivity contribution in [3.63, 3.8) is 0 Å². The number of methoxy groups -OCH3 is 1. The molecular formula is C10H15FN2O. The highest BCUT2D eigenvalue weighted by atomic mass is 19.1. The van der Waals surface area contributed by atoms with Crippen LogP contribution in [0.4, 0.5) is 10.1 Å². The molecule has 0 aliphatic heterocycles. The molecule has 0 aliphatic rings. The van der Waals surface area contributed by atoms with Crippen molar-refractivity contribution in [1.82, 2.24) is 0 Å². The molecule has 0 radical (unpaired) electrons. The molecule has 4 heteroatoms. The van der Waals surface area contributed by atoms with Gasteiger partial charge in [0.1, 0.15) is 11.6 Å². The van der Waals surface area contributed by atoms with Crippen LogP contribution in [0.15, 0.2) is 18.2 Å². The number of hydrogen-bond donors (Lipinski definition) is 2. The highest BCUT2D eigenvalue weighted by molar-refractivity contribution is 5.56. The minimum atomic E-state index is -0.294. The second-order valence-electron chi connectivity index (χ2n) is 3.20. The predicted octanol–water partition coefficient (Wildman–Crippen LogP) is 1.59. The lowest BCUT2D eigenvalue weighted by Crippen LogP contribution is -2.25. The molecule has 78 valence electrons. The molecule has 1 unspecified atom stereocenters. The fourth-order valence-corrected chi connectivity index (χ4v) is 1.09. The maximum absolute atomic E-state index is 12.9. The van der Waals surface area contributed by atoms with Crippen molar-refractivity contribution in [2.24, 2.45) is 5.73 Å². The Kier molecular flexibility index (Phi) is 3.71. The van der Waals surface area contributed by atoms with Crippen LogP contribution in [0.5, 0.6) is 5.75 Å². The molecule has 3 nitrogen and oxygen atoms in total. The average Bonchev–Trinajstić information content (AvgIpc) is 2.15. The lowest BCUT2D eigenvalue weighted by atomic mass is 10.2. The third kappa shape index (κ3) is 2.88. The standard InChI is InChI=1S/C10H15FN2O/c1-7(12)6-13-9-5-8(11)3-4-10(9)14-2/h3-5,7,13H,6,12H2,1-2H3. The largest absolute Gasteiger partial charge is 0.495 e. The van der Waals surface area contributed by atoms with Crippen LogP contribution in [0.1, 0.15) is 6.92 Å². The van der Waals surface area contributed by atoms with Gasteiger partial charge in [0.05, 0.1) is 12.8 Å². The number of nitrogens with two attached hydrogens (primary N) is 1. The first-order valence-corrected chi connectivity index (χ1v) is 4.46. The normalized spacial score (nSPS) is 12.3. The summed E-state index contributed by atoms with van der Waals surface area (Å²) in [6.45, 7) is 2.46. The molecule has 0 heterocycles. The van der Waals surface area contributed by atoms with Crippen LogP contribution in [0.25, 0.3) is 0 Å². The van der Waals surface area contributed by atoms with Gasteiger partial charge in [0.2, 0.25) is 0 Å². The number of ether oxygens (including phenoxy) is 1. The molecule has 0 aliphatic carbocycles. The third-order valence-electron chi connectivity index (χ3n) is 1.78. The van der Waals surface area contributed by atoms with Crippen LogP contribution in [-0.4, -0.2) is 19.7 Å². The summed E-state index contributed by atoms with van der Waals surface area (Å²) in [5.74, 6) is 0.324. The second kappa shape index (κ2) is 4.81. The molecule has 1 aromatic rings. The van der Waals surface area contributed by atoms with Crippen molar-refractivity contribution in [3.8, 4) is 5.75 Å². The van der Waals surface area contributed by atoms with Crippen molar-refractivity contribution in [2.75, 3.05) is 19.0 Å². The van der Waals surface area contributed by atoms with Gasteiger partial charge in [0.15, 0.2) is 0 Å². The van der Waals surface area contributed by atoms with Gasteiger partial charge >= 0.3 is 0 Å². The van der Waals surface area contributed by atoms with Crippen molar-refractivity contribution in [3.05, 3.63) is 24.0 Å². The third-order valence-corrected chi connectivity index (χ3v) is 1.78. The van der Waals surface area contributed by atoms with E-state index in [0.29, 0.717) is 18.0 Å². The van der Waals surface area contributed by atoms with Crippen molar-refractivity contribution in [2.45, 2.75) is 13.0 Å². The number of rotatable bonds is 4. The lowest BCUT2D eigenvalue weighted by Gasteiger charge is -2.12. The number of hydrogen-bond acceptors (Lipinski definition) is 3. The van der Waals surface area contributed by atoms with Crippen molar-refractivity contribution in [1.29, 1.82) is 0 Å². The number of nitrogens with one attached hydrogen (secondary N) is 1. The van der Waals surface area contributed by atoms with E-state index in [-0.39, 0.29) is 11.9 Å². The summed E-state index contributed by atoms with van der Waals surface area (Å²) in [5, 5.41) is 3.01. The van der Waals surface area contributed by atoms with E-state index < -0.39 is 0 Å². The van der Waals surface area contributed by atoms with E-state index in [0.717, 1.165) is 0 Å². The summed E-state index contributed by atoms with van der Waals surface area (Å²) in [6, 6.07) is 4.35. The van der Waals surface area contributed by atoms with Gasteiger partial charge in [-0.3, -0.25) is 0 Å². The van der Waals surface area contributed by atoms with Gasteiger partial charge in [-0.1, -0.05) is 0 Å². The minimum absolute atomic E-state index is 0.0166. The molecule has 0 spiro atoms. The summed E-state index contributed by atoms with van der Waals surface area (Å²) >= 11 is 0. The molecule has 0 saturated carbocycles. The Morgan fingerprint density at radius 3 is 2.86 bits per heavy atom. The van der Waals surface area contributed by atoms with E-state index in [4.69, 9.17) is 10.5 Å². The Morgan fingerprint density at radius 2 is 2.29 bits per heavy atom. The highest BCUT2D eigenvalue weighted by Gasteiger charge is 2.04. The molecule has 0 bridgehead atoms. The summed E-state index contributed by atoms with van der Waals surface area (Å²) in [4.78, 5) is 0. The lowest BCUT2D eigenvalue weighted by molar-refractivity contribution is 0.415. The second-order valence-corrected chi connectivity index (χ2v) is 3.20. The molecule has 0 amide bonds. The zero-order valence-corrected chi connectivity index (χ0v) is 8.38. The molecule has 3 N–H and O–H groups in total. The molecule has 0 saturated heterocycles. The minimum Gasteiger partial charge on any atom is -0.495 e. The van der Waals surface area contributed by atoms with Crippen LogP contribution in [0.2, 0.25) is 0 Å². The topological polar surface area (TPSA) is 47.3 Å². The van der Waals surface area contributed by atoms with Gasteiger partial charge < -0.3 is 15.8 Å². The van der Waals surface area contributed by atoms with Crippen LogP contribution in [0, 0.1) is 5.82 Å². The van der Waals surface area contributed by atoms with E-state index >= 15 is 0 Å². The Balaban J connectivity index is 2.77. The fraction of sp³-hybridized carbons (Fsp3) is 0.400. The maximum atomic E-state index is 12.9. The molecule has 0 fully saturated rings. The Bertz CT molecular complexity index is 302. The van der Waals surface area contributed by atoms with Crippen LogP contribution >= 0.6 is 0 Å². The molecule has 1 atom stereocenters. The van der Waals surface area contributed by atoms with E-state index in [1.165, 1.54) is 12.1 Å². The van der Waals surface area contributed by atoms with E-state index in [2.05, 4.69) is 5.32 Å². The zero-order valence-electron chi connectivity index (χ0n) is 8.38. The van der Waals surface area contributed by atoms with Crippen LogP contribution in [0.3, 0.4) is 0 Å². The quantitative estimate of drug-likeness (QED) is 0.772.